The molecule has 2 bridgehead atoms. The smallest absolute Gasteiger partial charge is 0.256 e. The van der Waals surface area contributed by atoms with Gasteiger partial charge in [-0.3, -0.25) is 9.59 Å². The number of methoxy groups -OCH3 is 1. The van der Waals surface area contributed by atoms with E-state index in [9.17, 15) is 9.59 Å². The third-order valence-corrected chi connectivity index (χ3v) is 5.52. The molecule has 0 spiro atoms. The second-order valence-corrected chi connectivity index (χ2v) is 7.14. The van der Waals surface area contributed by atoms with Crippen LogP contribution >= 0.6 is 0 Å². The summed E-state index contributed by atoms with van der Waals surface area (Å²) in [6, 6.07) is 9.67. The molecule has 0 saturated carbocycles. The van der Waals surface area contributed by atoms with Crippen LogP contribution in [0.1, 0.15) is 41.6 Å². The molecular weight excluding hydrogens is 330 g/mol. The zero-order chi connectivity index (χ0) is 18.3. The largest absolute Gasteiger partial charge is 0.367 e. The predicted octanol–water partition coefficient (Wildman–Crippen LogP) is 1.92. The SMILES string of the molecule is CO[C@@H](C(=O)N1[C@H]2CC[C@H]1Cc1c(nc(C)[nH]c1=O)C2)c1ccccc1. The number of amides is 1. The number of hydrogen-bond acceptors (Lipinski definition) is 4. The van der Waals surface area contributed by atoms with Gasteiger partial charge in [0.2, 0.25) is 0 Å². The first kappa shape index (κ1) is 17.0. The first-order valence-corrected chi connectivity index (χ1v) is 9.07. The molecule has 3 heterocycles. The number of carbonyl (C=O) groups is 1. The average molecular weight is 353 g/mol. The maximum absolute atomic E-state index is 13.3. The van der Waals surface area contributed by atoms with Gasteiger partial charge in [-0.1, -0.05) is 30.3 Å². The molecule has 1 saturated heterocycles. The first-order valence-electron chi connectivity index (χ1n) is 9.07. The Kier molecular flexibility index (Phi) is 4.36. The number of aryl methyl sites for hydroxylation is 1. The van der Waals surface area contributed by atoms with E-state index in [1.165, 1.54) is 0 Å². The Labute approximate surface area is 152 Å². The fraction of sp³-hybridized carbons (Fsp3) is 0.450. The van der Waals surface area contributed by atoms with E-state index in [2.05, 4.69) is 9.97 Å². The van der Waals surface area contributed by atoms with Crippen LogP contribution in [0.15, 0.2) is 35.1 Å². The molecule has 4 rings (SSSR count). The van der Waals surface area contributed by atoms with Gasteiger partial charge < -0.3 is 14.6 Å². The molecule has 3 atom stereocenters. The number of benzene rings is 1. The van der Waals surface area contributed by atoms with Crippen LogP contribution in [0.3, 0.4) is 0 Å². The van der Waals surface area contributed by atoms with E-state index in [0.29, 0.717) is 18.7 Å². The van der Waals surface area contributed by atoms with Crippen molar-refractivity contribution in [3.8, 4) is 0 Å². The number of hydrogen-bond donors (Lipinski definition) is 1. The fourth-order valence-corrected chi connectivity index (χ4v) is 4.37. The van der Waals surface area contributed by atoms with Gasteiger partial charge in [0.15, 0.2) is 6.10 Å². The summed E-state index contributed by atoms with van der Waals surface area (Å²) in [6.45, 7) is 1.80. The van der Waals surface area contributed by atoms with E-state index in [0.717, 1.165) is 29.7 Å². The Morgan fingerprint density at radius 1 is 1.23 bits per heavy atom. The van der Waals surface area contributed by atoms with Gasteiger partial charge in [-0.15, -0.1) is 0 Å². The Balaban J connectivity index is 1.67. The van der Waals surface area contributed by atoms with Crippen molar-refractivity contribution in [2.45, 2.75) is 50.8 Å². The molecular formula is C20H23N3O3. The van der Waals surface area contributed by atoms with Gasteiger partial charge in [-0.25, -0.2) is 4.98 Å². The summed E-state index contributed by atoms with van der Waals surface area (Å²) in [6.07, 6.45) is 2.43. The maximum Gasteiger partial charge on any atom is 0.256 e. The predicted molar refractivity (Wildman–Crippen MR) is 96.9 cm³/mol. The van der Waals surface area contributed by atoms with Gasteiger partial charge in [0.1, 0.15) is 5.82 Å². The van der Waals surface area contributed by atoms with Crippen molar-refractivity contribution in [2.24, 2.45) is 0 Å². The molecule has 0 radical (unpaired) electrons. The minimum atomic E-state index is -0.617. The summed E-state index contributed by atoms with van der Waals surface area (Å²) in [5.74, 6) is 0.607. The highest BCUT2D eigenvalue weighted by Crippen LogP contribution is 2.35. The molecule has 26 heavy (non-hydrogen) atoms. The van der Waals surface area contributed by atoms with E-state index >= 15 is 0 Å². The van der Waals surface area contributed by atoms with Crippen molar-refractivity contribution >= 4 is 5.91 Å². The van der Waals surface area contributed by atoms with Gasteiger partial charge in [0.25, 0.3) is 11.5 Å². The maximum atomic E-state index is 13.3. The molecule has 6 heteroatoms. The summed E-state index contributed by atoms with van der Waals surface area (Å²) in [5.41, 5.74) is 2.35. The highest BCUT2D eigenvalue weighted by atomic mass is 16.5. The molecule has 136 valence electrons. The molecule has 1 aromatic carbocycles. The van der Waals surface area contributed by atoms with Crippen molar-refractivity contribution in [3.05, 3.63) is 63.3 Å². The van der Waals surface area contributed by atoms with Crippen molar-refractivity contribution < 1.29 is 9.53 Å². The van der Waals surface area contributed by atoms with E-state index in [4.69, 9.17) is 4.74 Å². The highest BCUT2D eigenvalue weighted by molar-refractivity contribution is 5.83. The summed E-state index contributed by atoms with van der Waals surface area (Å²) in [4.78, 5) is 35.0. The van der Waals surface area contributed by atoms with E-state index in [1.807, 2.05) is 35.2 Å². The fourth-order valence-electron chi connectivity index (χ4n) is 4.37. The number of nitrogens with one attached hydrogen (secondary N) is 1. The molecule has 1 aromatic heterocycles. The average Bonchev–Trinajstić information content (AvgIpc) is 2.92. The van der Waals surface area contributed by atoms with Crippen LogP contribution in [0.25, 0.3) is 0 Å². The second-order valence-electron chi connectivity index (χ2n) is 7.14. The highest BCUT2D eigenvalue weighted by Gasteiger charge is 2.43. The van der Waals surface area contributed by atoms with Crippen LogP contribution in [0.5, 0.6) is 0 Å². The van der Waals surface area contributed by atoms with Crippen molar-refractivity contribution in [1.29, 1.82) is 0 Å². The summed E-state index contributed by atoms with van der Waals surface area (Å²) >= 11 is 0. The monoisotopic (exact) mass is 353 g/mol. The second kappa shape index (κ2) is 6.68. The summed E-state index contributed by atoms with van der Waals surface area (Å²) in [5, 5.41) is 0. The molecule has 1 N–H and O–H groups in total. The lowest BCUT2D eigenvalue weighted by atomic mass is 9.98. The van der Waals surface area contributed by atoms with Crippen LogP contribution in [-0.2, 0) is 22.4 Å². The lowest BCUT2D eigenvalue weighted by Crippen LogP contribution is -2.44. The quantitative estimate of drug-likeness (QED) is 0.915. The van der Waals surface area contributed by atoms with E-state index in [1.54, 1.807) is 14.0 Å². The number of aromatic nitrogens is 2. The molecule has 0 unspecified atom stereocenters. The van der Waals surface area contributed by atoms with Crippen molar-refractivity contribution in [2.75, 3.05) is 7.11 Å². The topological polar surface area (TPSA) is 75.3 Å². The van der Waals surface area contributed by atoms with Gasteiger partial charge >= 0.3 is 0 Å². The molecule has 1 fully saturated rings. The normalized spacial score (nSPS) is 22.6. The number of carbonyl (C=O) groups excluding carboxylic acids is 1. The van der Waals surface area contributed by atoms with Crippen LogP contribution in [0.4, 0.5) is 0 Å². The lowest BCUT2D eigenvalue weighted by Gasteiger charge is -2.31. The van der Waals surface area contributed by atoms with Gasteiger partial charge in [0.05, 0.1) is 5.69 Å². The number of fused-ring (bicyclic) bond motifs is 3. The van der Waals surface area contributed by atoms with Crippen LogP contribution in [-0.4, -0.2) is 40.0 Å². The standard InChI is InChI=1S/C20H23N3O3/c1-12-21-17-11-15-9-8-14(10-16(17)19(24)22-12)23(15)20(25)18(26-2)13-6-4-3-5-7-13/h3-7,14-15,18H,8-11H2,1-2H3,(H,21,22,24)/t14-,15-,18+/m0/s1. The number of aromatic amines is 1. The third-order valence-electron chi connectivity index (χ3n) is 5.52. The Bertz CT molecular complexity index is 878. The molecule has 6 nitrogen and oxygen atoms in total. The van der Waals surface area contributed by atoms with Gasteiger partial charge in [0, 0.05) is 37.6 Å². The molecule has 2 aliphatic heterocycles. The van der Waals surface area contributed by atoms with Crippen molar-refractivity contribution in [3.63, 3.8) is 0 Å². The van der Waals surface area contributed by atoms with Crippen LogP contribution in [0, 0.1) is 6.92 Å². The number of H-pyrrole nitrogens is 1. The number of ether oxygens (including phenoxy) is 1. The van der Waals surface area contributed by atoms with Crippen LogP contribution < -0.4 is 5.56 Å². The van der Waals surface area contributed by atoms with E-state index in [-0.39, 0.29) is 23.6 Å². The summed E-state index contributed by atoms with van der Waals surface area (Å²) in [7, 11) is 1.57. The van der Waals surface area contributed by atoms with Crippen LogP contribution in [0.2, 0.25) is 0 Å². The van der Waals surface area contributed by atoms with Gasteiger partial charge in [-0.2, -0.15) is 0 Å². The number of nitrogens with zero attached hydrogens (tertiary/aromatic N) is 2. The Morgan fingerprint density at radius 3 is 2.62 bits per heavy atom. The zero-order valence-electron chi connectivity index (χ0n) is 15.1. The Hall–Kier alpha value is -2.47. The summed E-state index contributed by atoms with van der Waals surface area (Å²) < 4.78 is 5.56. The molecule has 0 aliphatic carbocycles. The zero-order valence-corrected chi connectivity index (χ0v) is 15.1. The molecule has 2 aliphatic rings. The number of rotatable bonds is 3. The van der Waals surface area contributed by atoms with E-state index < -0.39 is 6.10 Å². The van der Waals surface area contributed by atoms with Crippen molar-refractivity contribution in [1.82, 2.24) is 14.9 Å². The Morgan fingerprint density at radius 2 is 1.92 bits per heavy atom. The minimum Gasteiger partial charge on any atom is -0.367 e. The minimum absolute atomic E-state index is 0.0212. The third kappa shape index (κ3) is 2.84. The van der Waals surface area contributed by atoms with Gasteiger partial charge in [-0.05, 0) is 25.3 Å². The lowest BCUT2D eigenvalue weighted by molar-refractivity contribution is -0.145. The molecule has 1 amide bonds. The molecule has 2 aromatic rings. The first-order chi connectivity index (χ1) is 12.6.